The van der Waals surface area contributed by atoms with Crippen LogP contribution in [0, 0.1) is 0 Å². The number of hydrogen-bond donors (Lipinski definition) is 0. The van der Waals surface area contributed by atoms with Gasteiger partial charge in [0.15, 0.2) is 13.1 Å². The van der Waals surface area contributed by atoms with Gasteiger partial charge in [-0.2, -0.15) is 0 Å². The number of hydrogen-bond acceptors (Lipinski definition) is 3. The Kier molecular flexibility index (Phi) is 3.95. The van der Waals surface area contributed by atoms with Crippen molar-refractivity contribution in [2.45, 2.75) is 13.3 Å². The highest BCUT2D eigenvalue weighted by atomic mass is 16.7. The Labute approximate surface area is 106 Å². The normalized spacial score (nSPS) is 10.6. The molecule has 0 N–H and O–H groups in total. The molecular weight excluding hydrogens is 228 g/mol. The van der Waals surface area contributed by atoms with E-state index in [1.54, 1.807) is 13.2 Å². The Morgan fingerprint density at radius 1 is 1.28 bits per heavy atom. The molecule has 0 aliphatic heterocycles. The lowest BCUT2D eigenvalue weighted by Gasteiger charge is -2.10. The molecule has 2 aromatic carbocycles. The highest BCUT2D eigenvalue weighted by molar-refractivity contribution is 6.01. The van der Waals surface area contributed by atoms with E-state index in [0.29, 0.717) is 11.3 Å². The third-order valence-electron chi connectivity index (χ3n) is 2.92. The molecule has 3 nitrogen and oxygen atoms in total. The maximum atomic E-state index is 11.2. The van der Waals surface area contributed by atoms with Crippen molar-refractivity contribution in [1.82, 2.24) is 0 Å². The molecule has 2 rings (SSSR count). The molecule has 0 amide bonds. The molecule has 3 heteroatoms. The number of aldehydes is 1. The van der Waals surface area contributed by atoms with Crippen LogP contribution in [0.15, 0.2) is 30.3 Å². The molecule has 0 aliphatic carbocycles. The van der Waals surface area contributed by atoms with E-state index in [1.807, 2.05) is 24.3 Å². The van der Waals surface area contributed by atoms with E-state index in [4.69, 9.17) is 9.47 Å². The second-order valence-electron chi connectivity index (χ2n) is 4.05. The van der Waals surface area contributed by atoms with Gasteiger partial charge in [-0.05, 0) is 34.9 Å². The molecule has 0 radical (unpaired) electrons. The summed E-state index contributed by atoms with van der Waals surface area (Å²) in [5, 5.41) is 2.03. The molecule has 0 saturated carbocycles. The predicted molar refractivity (Wildman–Crippen MR) is 71.2 cm³/mol. The average molecular weight is 244 g/mol. The van der Waals surface area contributed by atoms with Crippen LogP contribution in [0.4, 0.5) is 0 Å². The largest absolute Gasteiger partial charge is 0.468 e. The van der Waals surface area contributed by atoms with Crippen molar-refractivity contribution in [3.8, 4) is 5.75 Å². The molecule has 0 saturated heterocycles. The lowest BCUT2D eigenvalue weighted by molar-refractivity contribution is 0.0511. The van der Waals surface area contributed by atoms with Gasteiger partial charge in [-0.15, -0.1) is 0 Å². The first-order valence-electron chi connectivity index (χ1n) is 5.92. The first-order valence-corrected chi connectivity index (χ1v) is 5.92. The predicted octanol–water partition coefficient (Wildman–Crippen LogP) is 3.20. The van der Waals surface area contributed by atoms with Crippen molar-refractivity contribution in [1.29, 1.82) is 0 Å². The number of fused-ring (bicyclic) bond motifs is 1. The Bertz CT molecular complexity index is 561. The maximum Gasteiger partial charge on any atom is 0.188 e. The molecule has 0 bridgehead atoms. The summed E-state index contributed by atoms with van der Waals surface area (Å²) in [6, 6.07) is 9.72. The Balaban J connectivity index is 2.59. The molecule has 0 fully saturated rings. The quantitative estimate of drug-likeness (QED) is 0.598. The molecule has 94 valence electrons. The Morgan fingerprint density at radius 2 is 2.11 bits per heavy atom. The molecule has 0 spiro atoms. The van der Waals surface area contributed by atoms with Crippen LogP contribution in [-0.2, 0) is 11.2 Å². The fourth-order valence-electron chi connectivity index (χ4n) is 2.11. The lowest BCUT2D eigenvalue weighted by Crippen LogP contribution is -2.00. The summed E-state index contributed by atoms with van der Waals surface area (Å²) in [4.78, 5) is 11.2. The van der Waals surface area contributed by atoms with Crippen molar-refractivity contribution in [2.24, 2.45) is 0 Å². The van der Waals surface area contributed by atoms with Gasteiger partial charge in [-0.3, -0.25) is 4.79 Å². The summed E-state index contributed by atoms with van der Waals surface area (Å²) in [6.07, 6.45) is 1.78. The van der Waals surface area contributed by atoms with Gasteiger partial charge in [0, 0.05) is 12.7 Å². The van der Waals surface area contributed by atoms with E-state index in [1.165, 1.54) is 5.56 Å². The number of rotatable bonds is 5. The number of carbonyl (C=O) groups is 1. The lowest BCUT2D eigenvalue weighted by atomic mass is 9.98. The zero-order valence-electron chi connectivity index (χ0n) is 10.6. The van der Waals surface area contributed by atoms with Crippen molar-refractivity contribution < 1.29 is 14.3 Å². The van der Waals surface area contributed by atoms with Gasteiger partial charge in [0.2, 0.25) is 0 Å². The first-order chi connectivity index (χ1) is 8.80. The van der Waals surface area contributed by atoms with Crippen molar-refractivity contribution in [3.63, 3.8) is 0 Å². The summed E-state index contributed by atoms with van der Waals surface area (Å²) in [6.45, 7) is 2.26. The minimum Gasteiger partial charge on any atom is -0.468 e. The third kappa shape index (κ3) is 2.36. The number of aryl methyl sites for hydroxylation is 1. The number of ether oxygens (including phenoxy) is 2. The van der Waals surface area contributed by atoms with E-state index >= 15 is 0 Å². The van der Waals surface area contributed by atoms with E-state index in [2.05, 4.69) is 6.92 Å². The standard InChI is InChI=1S/C15H16O3/c1-3-11-5-4-6-12-7-14(18-10-17-2)8-13(9-16)15(11)12/h4-9H,3,10H2,1-2H3. The van der Waals surface area contributed by atoms with Crippen molar-refractivity contribution in [2.75, 3.05) is 13.9 Å². The summed E-state index contributed by atoms with van der Waals surface area (Å²) in [5.74, 6) is 0.653. The molecule has 0 aliphatic rings. The van der Waals surface area contributed by atoms with Crippen molar-refractivity contribution >= 4 is 17.1 Å². The van der Waals surface area contributed by atoms with Gasteiger partial charge in [-0.1, -0.05) is 25.1 Å². The molecular formula is C15H16O3. The van der Waals surface area contributed by atoms with Crippen LogP contribution in [-0.4, -0.2) is 20.2 Å². The van der Waals surface area contributed by atoms with Crippen LogP contribution < -0.4 is 4.74 Å². The summed E-state index contributed by atoms with van der Waals surface area (Å²) in [5.41, 5.74) is 1.84. The number of carbonyl (C=O) groups excluding carboxylic acids is 1. The van der Waals surface area contributed by atoms with E-state index < -0.39 is 0 Å². The maximum absolute atomic E-state index is 11.2. The number of methoxy groups -OCH3 is 1. The molecule has 0 unspecified atom stereocenters. The topological polar surface area (TPSA) is 35.5 Å². The highest BCUT2D eigenvalue weighted by Gasteiger charge is 2.07. The summed E-state index contributed by atoms with van der Waals surface area (Å²) in [7, 11) is 1.57. The van der Waals surface area contributed by atoms with Gasteiger partial charge >= 0.3 is 0 Å². The zero-order valence-corrected chi connectivity index (χ0v) is 10.6. The zero-order chi connectivity index (χ0) is 13.0. The third-order valence-corrected chi connectivity index (χ3v) is 2.92. The van der Waals surface area contributed by atoms with Gasteiger partial charge in [0.05, 0.1) is 0 Å². The van der Waals surface area contributed by atoms with E-state index in [9.17, 15) is 4.79 Å². The van der Waals surface area contributed by atoms with Crippen LogP contribution in [0.5, 0.6) is 5.75 Å². The van der Waals surface area contributed by atoms with Crippen molar-refractivity contribution in [3.05, 3.63) is 41.5 Å². The van der Waals surface area contributed by atoms with Crippen LogP contribution >= 0.6 is 0 Å². The summed E-state index contributed by atoms with van der Waals surface area (Å²) >= 11 is 0. The van der Waals surface area contributed by atoms with Gasteiger partial charge in [0.1, 0.15) is 5.75 Å². The molecule has 0 heterocycles. The van der Waals surface area contributed by atoms with Gasteiger partial charge < -0.3 is 9.47 Å². The van der Waals surface area contributed by atoms with E-state index in [-0.39, 0.29) is 6.79 Å². The average Bonchev–Trinajstić information content (AvgIpc) is 2.43. The fourth-order valence-corrected chi connectivity index (χ4v) is 2.11. The van der Waals surface area contributed by atoms with Crippen LogP contribution in [0.3, 0.4) is 0 Å². The summed E-state index contributed by atoms with van der Waals surface area (Å²) < 4.78 is 10.3. The van der Waals surface area contributed by atoms with Gasteiger partial charge in [0.25, 0.3) is 0 Å². The SMILES string of the molecule is CCc1cccc2cc(OCOC)cc(C=O)c12. The van der Waals surface area contributed by atoms with Crippen LogP contribution in [0.1, 0.15) is 22.8 Å². The van der Waals surface area contributed by atoms with Gasteiger partial charge in [-0.25, -0.2) is 0 Å². The Hall–Kier alpha value is -1.87. The highest BCUT2D eigenvalue weighted by Crippen LogP contribution is 2.27. The smallest absolute Gasteiger partial charge is 0.188 e. The monoisotopic (exact) mass is 244 g/mol. The van der Waals surface area contributed by atoms with Crippen LogP contribution in [0.25, 0.3) is 10.8 Å². The number of benzene rings is 2. The first kappa shape index (κ1) is 12.6. The molecule has 0 atom stereocenters. The minimum absolute atomic E-state index is 0.178. The molecule has 18 heavy (non-hydrogen) atoms. The minimum atomic E-state index is 0.178. The molecule has 0 aromatic heterocycles. The molecule has 2 aromatic rings. The fraction of sp³-hybridized carbons (Fsp3) is 0.267. The van der Waals surface area contributed by atoms with Crippen LogP contribution in [0.2, 0.25) is 0 Å². The van der Waals surface area contributed by atoms with E-state index in [0.717, 1.165) is 23.5 Å². The second-order valence-corrected chi connectivity index (χ2v) is 4.05. The Morgan fingerprint density at radius 3 is 2.78 bits per heavy atom. The second kappa shape index (κ2) is 5.65.